The lowest BCUT2D eigenvalue weighted by Crippen LogP contribution is -2.37. The number of methoxy groups -OCH3 is 1. The van der Waals surface area contributed by atoms with Crippen molar-refractivity contribution in [3.63, 3.8) is 0 Å². The van der Waals surface area contributed by atoms with Gasteiger partial charge in [0.1, 0.15) is 11.8 Å². The van der Waals surface area contributed by atoms with Crippen LogP contribution in [0.5, 0.6) is 5.75 Å². The van der Waals surface area contributed by atoms with E-state index < -0.39 is 0 Å². The number of likely N-dealkylation sites (tertiary alicyclic amines) is 1. The Morgan fingerprint density at radius 1 is 1.20 bits per heavy atom. The summed E-state index contributed by atoms with van der Waals surface area (Å²) in [6.45, 7) is 2.73. The predicted molar refractivity (Wildman–Crippen MR) is 114 cm³/mol. The first-order valence-electron chi connectivity index (χ1n) is 10.2. The minimum atomic E-state index is 0.162. The Morgan fingerprint density at radius 2 is 2.00 bits per heavy atom. The number of oxazole rings is 1. The molecule has 1 aromatic carbocycles. The van der Waals surface area contributed by atoms with Crippen LogP contribution in [0, 0.1) is 11.3 Å². The summed E-state index contributed by atoms with van der Waals surface area (Å²) < 4.78 is 11.2. The van der Waals surface area contributed by atoms with E-state index in [0.717, 1.165) is 24.4 Å². The number of nitrogens with zero attached hydrogens (tertiary/aromatic N) is 4. The first-order chi connectivity index (χ1) is 14.8. The smallest absolute Gasteiger partial charge is 0.232 e. The Hall–Kier alpha value is -3.37. The van der Waals surface area contributed by atoms with E-state index in [1.54, 1.807) is 19.5 Å². The van der Waals surface area contributed by atoms with Crippen LogP contribution in [0.1, 0.15) is 36.6 Å². The van der Waals surface area contributed by atoms with Gasteiger partial charge in [-0.3, -0.25) is 9.88 Å². The molecule has 7 nitrogen and oxygen atoms in total. The quantitative estimate of drug-likeness (QED) is 0.631. The molecule has 154 valence electrons. The fourth-order valence-corrected chi connectivity index (χ4v) is 3.83. The Balaban J connectivity index is 1.56. The number of pyridine rings is 1. The van der Waals surface area contributed by atoms with Gasteiger partial charge in [0, 0.05) is 18.9 Å². The molecule has 0 radical (unpaired) electrons. The van der Waals surface area contributed by atoms with Crippen molar-refractivity contribution in [2.24, 2.45) is 0 Å². The van der Waals surface area contributed by atoms with E-state index in [0.29, 0.717) is 18.3 Å². The number of hydrogen-bond donors (Lipinski definition) is 1. The van der Waals surface area contributed by atoms with Gasteiger partial charge in [0.05, 0.1) is 18.7 Å². The molecule has 0 bridgehead atoms. The molecule has 3 heterocycles. The van der Waals surface area contributed by atoms with Gasteiger partial charge < -0.3 is 14.5 Å². The van der Waals surface area contributed by atoms with Gasteiger partial charge in [0.25, 0.3) is 0 Å². The second kappa shape index (κ2) is 9.42. The molecule has 3 aromatic rings. The maximum absolute atomic E-state index is 9.51. The Bertz CT molecular complexity index is 989. The fraction of sp³-hybridized carbons (Fsp3) is 0.348. The first kappa shape index (κ1) is 19.9. The van der Waals surface area contributed by atoms with Gasteiger partial charge in [0.15, 0.2) is 0 Å². The van der Waals surface area contributed by atoms with Crippen LogP contribution in [0.4, 0.5) is 5.88 Å². The molecule has 1 saturated heterocycles. The molecule has 1 aliphatic heterocycles. The number of hydrogen-bond acceptors (Lipinski definition) is 7. The SMILES string of the molecule is COc1ccc([C@@H](CNc2oc(-c3cccnc3)nc2C#N)N2CCCCC2)cc1. The average molecular weight is 403 g/mol. The molecule has 4 rings (SSSR count). The number of aromatic nitrogens is 2. The van der Waals surface area contributed by atoms with Crippen molar-refractivity contribution in [2.45, 2.75) is 25.3 Å². The number of rotatable bonds is 7. The molecule has 2 aromatic heterocycles. The van der Waals surface area contributed by atoms with Crippen molar-refractivity contribution in [3.05, 3.63) is 60.0 Å². The topological polar surface area (TPSA) is 87.2 Å². The summed E-state index contributed by atoms with van der Waals surface area (Å²) in [4.78, 5) is 10.9. The van der Waals surface area contributed by atoms with Gasteiger partial charge in [-0.25, -0.2) is 0 Å². The fourth-order valence-electron chi connectivity index (χ4n) is 3.83. The zero-order chi connectivity index (χ0) is 20.8. The minimum absolute atomic E-state index is 0.162. The van der Waals surface area contributed by atoms with Crippen LogP contribution in [0.2, 0.25) is 0 Å². The van der Waals surface area contributed by atoms with Crippen LogP contribution >= 0.6 is 0 Å². The van der Waals surface area contributed by atoms with Gasteiger partial charge in [0.2, 0.25) is 17.5 Å². The maximum Gasteiger partial charge on any atom is 0.232 e. The van der Waals surface area contributed by atoms with Crippen molar-refractivity contribution < 1.29 is 9.15 Å². The molecule has 0 saturated carbocycles. The van der Waals surface area contributed by atoms with Crippen LogP contribution in [-0.2, 0) is 0 Å². The molecule has 1 aliphatic rings. The second-order valence-electron chi connectivity index (χ2n) is 7.32. The molecule has 0 aliphatic carbocycles. The normalized spacial score (nSPS) is 15.3. The molecule has 1 fully saturated rings. The van der Waals surface area contributed by atoms with Crippen molar-refractivity contribution in [2.75, 3.05) is 32.1 Å². The molecule has 0 spiro atoms. The third kappa shape index (κ3) is 4.44. The molecule has 0 unspecified atom stereocenters. The second-order valence-corrected chi connectivity index (χ2v) is 7.32. The third-order valence-electron chi connectivity index (χ3n) is 5.43. The van der Waals surface area contributed by atoms with Crippen molar-refractivity contribution in [1.82, 2.24) is 14.9 Å². The zero-order valence-corrected chi connectivity index (χ0v) is 17.0. The summed E-state index contributed by atoms with van der Waals surface area (Å²) in [7, 11) is 1.67. The number of benzene rings is 1. The minimum Gasteiger partial charge on any atom is -0.497 e. The van der Waals surface area contributed by atoms with Gasteiger partial charge in [-0.15, -0.1) is 0 Å². The highest BCUT2D eigenvalue weighted by atomic mass is 16.5. The number of nitrogens with one attached hydrogen (secondary N) is 1. The molecular weight excluding hydrogens is 378 g/mol. The highest BCUT2D eigenvalue weighted by Crippen LogP contribution is 2.29. The van der Waals surface area contributed by atoms with Crippen molar-refractivity contribution in [1.29, 1.82) is 5.26 Å². The standard InChI is InChI=1S/C23H25N5O2/c1-29-19-9-7-17(8-10-19)21(28-12-3-2-4-13-28)16-26-23-20(14-24)27-22(30-23)18-6-5-11-25-15-18/h5-11,15,21,26H,2-4,12-13,16H2,1H3/t21-/m1/s1. The van der Waals surface area contributed by atoms with Crippen LogP contribution in [0.3, 0.4) is 0 Å². The van der Waals surface area contributed by atoms with Crippen molar-refractivity contribution >= 4 is 5.88 Å². The predicted octanol–water partition coefficient (Wildman–Crippen LogP) is 4.26. The number of ether oxygens (including phenoxy) is 1. The Morgan fingerprint density at radius 3 is 2.67 bits per heavy atom. The first-order valence-corrected chi connectivity index (χ1v) is 10.2. The largest absolute Gasteiger partial charge is 0.497 e. The summed E-state index contributed by atoms with van der Waals surface area (Å²) in [5.41, 5.74) is 2.20. The van der Waals surface area contributed by atoms with Gasteiger partial charge in [-0.1, -0.05) is 18.6 Å². The molecule has 1 atom stereocenters. The van der Waals surface area contributed by atoms with E-state index in [1.165, 1.54) is 24.8 Å². The lowest BCUT2D eigenvalue weighted by molar-refractivity contribution is 0.170. The van der Waals surface area contributed by atoms with Crippen molar-refractivity contribution in [3.8, 4) is 23.3 Å². The Labute approximate surface area is 176 Å². The molecule has 30 heavy (non-hydrogen) atoms. The third-order valence-corrected chi connectivity index (χ3v) is 5.43. The maximum atomic E-state index is 9.51. The number of anilines is 1. The number of nitriles is 1. The average Bonchev–Trinajstić information content (AvgIpc) is 3.24. The monoisotopic (exact) mass is 403 g/mol. The zero-order valence-electron chi connectivity index (χ0n) is 17.0. The van der Waals surface area contributed by atoms with E-state index in [9.17, 15) is 5.26 Å². The van der Waals surface area contributed by atoms with Gasteiger partial charge in [-0.05, 0) is 55.8 Å². The van der Waals surface area contributed by atoms with Gasteiger partial charge >= 0.3 is 0 Å². The Kier molecular flexibility index (Phi) is 6.26. The van der Waals surface area contributed by atoms with Crippen LogP contribution in [0.15, 0.2) is 53.2 Å². The molecule has 7 heteroatoms. The highest BCUT2D eigenvalue weighted by molar-refractivity contribution is 5.57. The lowest BCUT2D eigenvalue weighted by atomic mass is 10.0. The molecular formula is C23H25N5O2. The van der Waals surface area contributed by atoms with E-state index in [1.807, 2.05) is 24.3 Å². The summed E-state index contributed by atoms with van der Waals surface area (Å²) in [6.07, 6.45) is 7.03. The van der Waals surface area contributed by atoms with Crippen LogP contribution in [0.25, 0.3) is 11.5 Å². The summed E-state index contributed by atoms with van der Waals surface area (Å²) >= 11 is 0. The molecule has 0 amide bonds. The summed E-state index contributed by atoms with van der Waals surface area (Å²) in [6, 6.07) is 14.1. The van der Waals surface area contributed by atoms with Crippen LogP contribution in [-0.4, -0.2) is 41.6 Å². The van der Waals surface area contributed by atoms with E-state index >= 15 is 0 Å². The summed E-state index contributed by atoms with van der Waals surface area (Å²) in [5, 5.41) is 12.8. The highest BCUT2D eigenvalue weighted by Gasteiger charge is 2.24. The van der Waals surface area contributed by atoms with Gasteiger partial charge in [-0.2, -0.15) is 10.2 Å². The van der Waals surface area contributed by atoms with E-state index in [4.69, 9.17) is 9.15 Å². The van der Waals surface area contributed by atoms with Crippen LogP contribution < -0.4 is 10.1 Å². The number of piperidine rings is 1. The lowest BCUT2D eigenvalue weighted by Gasteiger charge is -2.35. The molecule has 1 N–H and O–H groups in total. The van der Waals surface area contributed by atoms with E-state index in [-0.39, 0.29) is 11.7 Å². The van der Waals surface area contributed by atoms with E-state index in [2.05, 4.69) is 38.4 Å². The summed E-state index contributed by atoms with van der Waals surface area (Å²) in [5.74, 6) is 1.63.